The van der Waals surface area contributed by atoms with E-state index in [0.29, 0.717) is 24.1 Å². The number of piperidine rings is 1. The zero-order valence-corrected chi connectivity index (χ0v) is 28.8. The molecule has 1 saturated heterocycles. The van der Waals surface area contributed by atoms with E-state index in [1.165, 1.54) is 0 Å². The van der Waals surface area contributed by atoms with Crippen LogP contribution in [0, 0.1) is 0 Å². The minimum atomic E-state index is -0.909. The number of nitrogens with zero attached hydrogens (tertiary/aromatic N) is 1. The summed E-state index contributed by atoms with van der Waals surface area (Å²) in [6, 6.07) is 22.4. The first kappa shape index (κ1) is 35.9. The Labute approximate surface area is 280 Å². The van der Waals surface area contributed by atoms with Gasteiger partial charge >= 0.3 is 0 Å². The Morgan fingerprint density at radius 1 is 0.872 bits per heavy atom. The number of carbonyl (C=O) groups is 2. The molecule has 1 aliphatic rings. The van der Waals surface area contributed by atoms with Gasteiger partial charge in [0.05, 0.1) is 24.9 Å². The number of hydrogen-bond acceptors (Lipinski definition) is 7. The van der Waals surface area contributed by atoms with Crippen LogP contribution in [0.1, 0.15) is 78.8 Å². The number of anilines is 1. The molecule has 2 atom stereocenters. The molecule has 3 aromatic rings. The fraction of sp³-hybridized carbons (Fsp3) is 0.474. The molecule has 0 radical (unpaired) electrons. The van der Waals surface area contributed by atoms with Crippen LogP contribution in [0.2, 0.25) is 0 Å². The average Bonchev–Trinajstić information content (AvgIpc) is 3.10. The highest BCUT2D eigenvalue weighted by atomic mass is 16.5. The van der Waals surface area contributed by atoms with E-state index < -0.39 is 23.3 Å². The van der Waals surface area contributed by atoms with Gasteiger partial charge in [0.15, 0.2) is 0 Å². The molecule has 47 heavy (non-hydrogen) atoms. The largest absolute Gasteiger partial charge is 0.497 e. The average molecular weight is 645 g/mol. The topological polar surface area (TPSA) is 112 Å². The Hall–Kier alpha value is -3.92. The normalized spacial score (nSPS) is 15.1. The number of aliphatic hydroxyl groups excluding tert-OH is 1. The minimum Gasteiger partial charge on any atom is -0.497 e. The van der Waals surface area contributed by atoms with Crippen molar-refractivity contribution in [2.75, 3.05) is 45.3 Å². The number of benzene rings is 3. The number of hydrogen-bond donors (Lipinski definition) is 4. The number of aliphatic hydroxyl groups is 1. The summed E-state index contributed by atoms with van der Waals surface area (Å²) < 4.78 is 10.9. The van der Waals surface area contributed by atoms with Crippen LogP contribution in [0.3, 0.4) is 0 Å². The summed E-state index contributed by atoms with van der Waals surface area (Å²) in [5.41, 5.74) is 2.63. The molecule has 0 saturated carbocycles. The molecule has 4 N–H and O–H groups in total. The zero-order chi connectivity index (χ0) is 34.0. The third kappa shape index (κ3) is 10.3. The predicted octanol–water partition coefficient (Wildman–Crippen LogP) is 5.07. The van der Waals surface area contributed by atoms with Crippen molar-refractivity contribution >= 4 is 17.5 Å². The number of methoxy groups -OCH3 is 2. The Morgan fingerprint density at radius 3 is 2.21 bits per heavy atom. The number of rotatable bonds is 15. The Kier molecular flexibility index (Phi) is 12.4. The molecule has 1 fully saturated rings. The van der Waals surface area contributed by atoms with Gasteiger partial charge in [-0.3, -0.25) is 9.59 Å². The van der Waals surface area contributed by atoms with Crippen molar-refractivity contribution in [2.24, 2.45) is 0 Å². The van der Waals surface area contributed by atoms with Crippen LogP contribution in [-0.4, -0.2) is 75.1 Å². The molecule has 0 spiro atoms. The second kappa shape index (κ2) is 16.3. The second-order valence-electron chi connectivity index (χ2n) is 13.5. The summed E-state index contributed by atoms with van der Waals surface area (Å²) in [4.78, 5) is 29.6. The lowest BCUT2D eigenvalue weighted by Crippen LogP contribution is -2.51. The maximum atomic E-state index is 14.0. The molecule has 3 aromatic carbocycles. The summed E-state index contributed by atoms with van der Waals surface area (Å²) in [6.45, 7) is 10.2. The third-order valence-corrected chi connectivity index (χ3v) is 9.01. The van der Waals surface area contributed by atoms with Gasteiger partial charge < -0.3 is 35.4 Å². The molecule has 0 aliphatic carbocycles. The molecule has 2 amide bonds. The molecular weight excluding hydrogens is 592 g/mol. The van der Waals surface area contributed by atoms with Gasteiger partial charge in [-0.1, -0.05) is 42.5 Å². The lowest BCUT2D eigenvalue weighted by atomic mass is 9.93. The van der Waals surface area contributed by atoms with Gasteiger partial charge in [0.1, 0.15) is 5.75 Å². The van der Waals surface area contributed by atoms with Crippen molar-refractivity contribution in [3.63, 3.8) is 0 Å². The Balaban J connectivity index is 1.57. The van der Waals surface area contributed by atoms with Gasteiger partial charge in [-0.2, -0.15) is 0 Å². The molecule has 0 unspecified atom stereocenters. The van der Waals surface area contributed by atoms with E-state index in [1.807, 2.05) is 94.4 Å². The Morgan fingerprint density at radius 2 is 1.55 bits per heavy atom. The summed E-state index contributed by atoms with van der Waals surface area (Å²) in [6.07, 6.45) is 2.81. The van der Waals surface area contributed by atoms with Gasteiger partial charge in [-0.15, -0.1) is 0 Å². The minimum absolute atomic E-state index is 0.235. The van der Waals surface area contributed by atoms with Gasteiger partial charge in [0.25, 0.3) is 11.8 Å². The van der Waals surface area contributed by atoms with E-state index in [9.17, 15) is 14.7 Å². The molecule has 254 valence electrons. The lowest BCUT2D eigenvalue weighted by molar-refractivity contribution is 0.0228. The fourth-order valence-electron chi connectivity index (χ4n) is 5.69. The number of amides is 2. The summed E-state index contributed by atoms with van der Waals surface area (Å²) >= 11 is 0. The number of ether oxygens (including phenoxy) is 2. The monoisotopic (exact) mass is 644 g/mol. The predicted molar refractivity (Wildman–Crippen MR) is 187 cm³/mol. The van der Waals surface area contributed by atoms with Crippen molar-refractivity contribution in [3.8, 4) is 5.75 Å². The molecule has 4 rings (SSSR count). The highest BCUT2D eigenvalue weighted by Gasteiger charge is 2.28. The highest BCUT2D eigenvalue weighted by Crippen LogP contribution is 2.26. The molecule has 9 heteroatoms. The van der Waals surface area contributed by atoms with Crippen molar-refractivity contribution in [1.29, 1.82) is 0 Å². The van der Waals surface area contributed by atoms with Crippen LogP contribution in [0.4, 0.5) is 5.69 Å². The van der Waals surface area contributed by atoms with Gasteiger partial charge in [0.2, 0.25) is 0 Å². The van der Waals surface area contributed by atoms with Crippen LogP contribution in [0.25, 0.3) is 0 Å². The quantitative estimate of drug-likeness (QED) is 0.183. The van der Waals surface area contributed by atoms with Crippen molar-refractivity contribution in [1.82, 2.24) is 16.0 Å². The number of carbonyl (C=O) groups excluding carboxylic acids is 2. The summed E-state index contributed by atoms with van der Waals surface area (Å²) in [7, 11) is 3.25. The van der Waals surface area contributed by atoms with Crippen molar-refractivity contribution in [2.45, 2.75) is 76.7 Å². The maximum Gasteiger partial charge on any atom is 0.251 e. The van der Waals surface area contributed by atoms with E-state index in [4.69, 9.17) is 9.47 Å². The first-order valence-electron chi connectivity index (χ1n) is 16.6. The molecule has 1 heterocycles. The van der Waals surface area contributed by atoms with Crippen LogP contribution < -0.4 is 25.6 Å². The first-order valence-corrected chi connectivity index (χ1v) is 16.6. The smallest absolute Gasteiger partial charge is 0.251 e. The van der Waals surface area contributed by atoms with Crippen LogP contribution in [0.15, 0.2) is 72.8 Å². The van der Waals surface area contributed by atoms with Gasteiger partial charge in [0, 0.05) is 55.6 Å². The maximum absolute atomic E-state index is 14.0. The molecule has 0 bridgehead atoms. The molecule has 0 aromatic heterocycles. The molecule has 9 nitrogen and oxygen atoms in total. The Bertz CT molecular complexity index is 1470. The highest BCUT2D eigenvalue weighted by molar-refractivity contribution is 6.01. The van der Waals surface area contributed by atoms with Crippen molar-refractivity contribution in [3.05, 3.63) is 95.1 Å². The van der Waals surface area contributed by atoms with Gasteiger partial charge in [-0.25, -0.2) is 0 Å². The van der Waals surface area contributed by atoms with Gasteiger partial charge in [-0.05, 0) is 94.8 Å². The second-order valence-corrected chi connectivity index (χ2v) is 13.5. The third-order valence-electron chi connectivity index (χ3n) is 9.01. The summed E-state index contributed by atoms with van der Waals surface area (Å²) in [5.74, 6) is 0.143. The zero-order valence-electron chi connectivity index (χ0n) is 28.8. The van der Waals surface area contributed by atoms with E-state index in [2.05, 4.69) is 20.9 Å². The van der Waals surface area contributed by atoms with Crippen LogP contribution in [0.5, 0.6) is 5.75 Å². The van der Waals surface area contributed by atoms with E-state index >= 15 is 0 Å². The van der Waals surface area contributed by atoms with Crippen molar-refractivity contribution < 1.29 is 24.2 Å². The van der Waals surface area contributed by atoms with E-state index in [1.54, 1.807) is 20.3 Å². The molecular formula is C38H52N4O5. The standard InChI is InChI=1S/C38H52N4O5/c1-37(2,47-6)26-39-35(44)28-21-29(23-31(22-28)42-18-11-8-12-19-42)36(45)41-33(20-27-14-9-7-10-15-27)34(43)25-40-38(3,4)30-16-13-17-32(24-30)46-5/h7,9-10,13-17,21-24,33-34,40,43H,8,11-12,18-20,25-26H2,1-6H3,(H,39,44)(H,41,45)/t33-,34+/m0/s1. The first-order chi connectivity index (χ1) is 22.4. The van der Waals surface area contributed by atoms with Crippen LogP contribution in [-0.2, 0) is 16.7 Å². The summed E-state index contributed by atoms with van der Waals surface area (Å²) in [5, 5.41) is 21.1. The van der Waals surface area contributed by atoms with Crippen LogP contribution >= 0.6 is 0 Å². The van der Waals surface area contributed by atoms with E-state index in [-0.39, 0.29) is 18.4 Å². The van der Waals surface area contributed by atoms with E-state index in [0.717, 1.165) is 54.9 Å². The molecule has 1 aliphatic heterocycles. The fourth-order valence-corrected chi connectivity index (χ4v) is 5.69. The lowest BCUT2D eigenvalue weighted by Gasteiger charge is -2.32. The SMILES string of the molecule is COc1cccc(C(C)(C)NC[C@@H](O)[C@H](Cc2ccccc2)NC(=O)c2cc(C(=O)NCC(C)(C)OC)cc(N3CCCCC3)c2)c1. The number of nitrogens with one attached hydrogen (secondary N) is 3.